The normalized spacial score (nSPS) is 11.7. The molecule has 0 aliphatic heterocycles. The summed E-state index contributed by atoms with van der Waals surface area (Å²) >= 11 is 0. The van der Waals surface area contributed by atoms with Crippen molar-refractivity contribution in [1.29, 1.82) is 0 Å². The van der Waals surface area contributed by atoms with Crippen molar-refractivity contribution in [2.45, 2.75) is 12.7 Å². The molecule has 2 aromatic carbocycles. The number of rotatable bonds is 5. The van der Waals surface area contributed by atoms with E-state index >= 15 is 0 Å². The topological polar surface area (TPSA) is 46.9 Å². The average Bonchev–Trinajstić information content (AvgIpc) is 3.06. The molecule has 0 radical (unpaired) electrons. The van der Waals surface area contributed by atoms with Crippen molar-refractivity contribution in [3.63, 3.8) is 0 Å². The first-order valence-corrected chi connectivity index (χ1v) is 8.24. The molecule has 4 nitrogen and oxygen atoms in total. The maximum atomic E-state index is 13.1. The number of anilines is 1. The third-order valence-corrected chi connectivity index (χ3v) is 3.86. The van der Waals surface area contributed by atoms with Gasteiger partial charge in [0.15, 0.2) is 0 Å². The van der Waals surface area contributed by atoms with E-state index in [1.807, 2.05) is 0 Å². The van der Waals surface area contributed by atoms with E-state index in [2.05, 4.69) is 10.4 Å². The van der Waals surface area contributed by atoms with Gasteiger partial charge in [0.05, 0.1) is 18.3 Å². The van der Waals surface area contributed by atoms with Gasteiger partial charge in [0, 0.05) is 12.1 Å². The highest BCUT2D eigenvalue weighted by atomic mass is 19.4. The summed E-state index contributed by atoms with van der Waals surface area (Å²) in [5.41, 5.74) is 0.406. The molecule has 0 saturated carbocycles. The molecule has 1 heterocycles. The Morgan fingerprint density at radius 1 is 1.11 bits per heavy atom. The van der Waals surface area contributed by atoms with Crippen LogP contribution in [0.2, 0.25) is 0 Å². The fraction of sp³-hybridized carbons (Fsp3) is 0.100. The van der Waals surface area contributed by atoms with Crippen molar-refractivity contribution in [3.8, 4) is 0 Å². The van der Waals surface area contributed by atoms with Gasteiger partial charge >= 0.3 is 6.18 Å². The molecule has 1 N–H and O–H groups in total. The third kappa shape index (κ3) is 5.06. The molecule has 0 fully saturated rings. The monoisotopic (exact) mass is 389 g/mol. The largest absolute Gasteiger partial charge is 0.416 e. The lowest BCUT2D eigenvalue weighted by atomic mass is 10.1. The van der Waals surface area contributed by atoms with E-state index in [4.69, 9.17) is 0 Å². The van der Waals surface area contributed by atoms with Crippen LogP contribution in [0.3, 0.4) is 0 Å². The van der Waals surface area contributed by atoms with Crippen LogP contribution < -0.4 is 5.32 Å². The van der Waals surface area contributed by atoms with E-state index < -0.39 is 23.5 Å². The van der Waals surface area contributed by atoms with Crippen LogP contribution in [0.15, 0.2) is 66.9 Å². The average molecular weight is 389 g/mol. The molecule has 0 atom stereocenters. The molecule has 1 aromatic heterocycles. The summed E-state index contributed by atoms with van der Waals surface area (Å²) in [6.07, 6.45) is -0.202. The lowest BCUT2D eigenvalue weighted by Crippen LogP contribution is -2.14. The molecule has 0 bridgehead atoms. The predicted molar refractivity (Wildman–Crippen MR) is 96.8 cm³/mol. The van der Waals surface area contributed by atoms with Gasteiger partial charge in [-0.3, -0.25) is 4.79 Å². The molecule has 0 aliphatic rings. The number of benzene rings is 2. The first-order chi connectivity index (χ1) is 13.3. The Kier molecular flexibility index (Phi) is 5.58. The molecule has 0 unspecified atom stereocenters. The molecule has 0 saturated heterocycles. The zero-order valence-corrected chi connectivity index (χ0v) is 14.4. The van der Waals surface area contributed by atoms with Crippen molar-refractivity contribution in [1.82, 2.24) is 9.78 Å². The van der Waals surface area contributed by atoms with Crippen LogP contribution in [0, 0.1) is 5.82 Å². The number of aromatic nitrogens is 2. The molecule has 8 heteroatoms. The summed E-state index contributed by atoms with van der Waals surface area (Å²) < 4.78 is 52.5. The van der Waals surface area contributed by atoms with E-state index in [0.717, 1.165) is 12.1 Å². The van der Waals surface area contributed by atoms with Crippen LogP contribution in [0.25, 0.3) is 6.08 Å². The second kappa shape index (κ2) is 8.08. The number of carbonyl (C=O) groups is 1. The third-order valence-electron chi connectivity index (χ3n) is 3.86. The minimum atomic E-state index is -4.39. The second-order valence-electron chi connectivity index (χ2n) is 5.95. The summed E-state index contributed by atoms with van der Waals surface area (Å²) in [6.45, 7) is 0.189. The van der Waals surface area contributed by atoms with Gasteiger partial charge in [-0.1, -0.05) is 24.3 Å². The minimum Gasteiger partial charge on any atom is -0.307 e. The molecule has 0 spiro atoms. The highest BCUT2D eigenvalue weighted by Crippen LogP contribution is 2.29. The van der Waals surface area contributed by atoms with Gasteiger partial charge in [-0.05, 0) is 41.5 Å². The fourth-order valence-electron chi connectivity index (χ4n) is 2.49. The second-order valence-corrected chi connectivity index (χ2v) is 5.95. The van der Waals surface area contributed by atoms with E-state index in [1.165, 1.54) is 53.4 Å². The zero-order chi connectivity index (χ0) is 20.1. The summed E-state index contributed by atoms with van der Waals surface area (Å²) in [4.78, 5) is 12.1. The lowest BCUT2D eigenvalue weighted by molar-refractivity contribution is -0.137. The number of nitrogens with one attached hydrogen (secondary N) is 1. The number of nitrogens with zero attached hydrogens (tertiary/aromatic N) is 2. The van der Waals surface area contributed by atoms with Crippen molar-refractivity contribution in [2.24, 2.45) is 0 Å². The van der Waals surface area contributed by atoms with Crippen LogP contribution in [-0.4, -0.2) is 15.7 Å². The fourth-order valence-corrected chi connectivity index (χ4v) is 2.49. The molecule has 28 heavy (non-hydrogen) atoms. The highest BCUT2D eigenvalue weighted by Gasteiger charge is 2.29. The van der Waals surface area contributed by atoms with Crippen LogP contribution >= 0.6 is 0 Å². The summed E-state index contributed by atoms with van der Waals surface area (Å²) in [5, 5.41) is 6.70. The van der Waals surface area contributed by atoms with Crippen LogP contribution in [0.5, 0.6) is 0 Å². The first kappa shape index (κ1) is 19.3. The summed E-state index contributed by atoms with van der Waals surface area (Å²) in [5.74, 6) is -0.468. The van der Waals surface area contributed by atoms with Gasteiger partial charge in [-0.15, -0.1) is 0 Å². The van der Waals surface area contributed by atoms with E-state index in [0.29, 0.717) is 16.9 Å². The molecular formula is C20H15F4N3O. The molecule has 3 rings (SSSR count). The maximum Gasteiger partial charge on any atom is 0.416 e. The zero-order valence-electron chi connectivity index (χ0n) is 14.4. The van der Waals surface area contributed by atoms with Crippen molar-refractivity contribution in [2.75, 3.05) is 5.32 Å². The van der Waals surface area contributed by atoms with Gasteiger partial charge in [-0.2, -0.15) is 18.3 Å². The standard InChI is InChI=1S/C20H15F4N3O/c21-17-3-1-2-14(12-17)6-9-19(28)26-18-10-11-25-27(18)13-15-4-7-16(8-5-15)20(22,23)24/h1-12H,13H2,(H,26,28). The first-order valence-electron chi connectivity index (χ1n) is 8.24. The summed E-state index contributed by atoms with van der Waals surface area (Å²) in [7, 11) is 0. The van der Waals surface area contributed by atoms with Crippen molar-refractivity contribution in [3.05, 3.63) is 89.4 Å². The Labute approximate surface area is 158 Å². The van der Waals surface area contributed by atoms with Crippen LogP contribution in [0.4, 0.5) is 23.4 Å². The SMILES string of the molecule is O=C(C=Cc1cccc(F)c1)Nc1ccnn1Cc1ccc(C(F)(F)F)cc1. The number of alkyl halides is 3. The molecular weight excluding hydrogens is 374 g/mol. The Balaban J connectivity index is 1.66. The Hall–Kier alpha value is -3.42. The Morgan fingerprint density at radius 2 is 1.86 bits per heavy atom. The molecule has 1 amide bonds. The highest BCUT2D eigenvalue weighted by molar-refractivity contribution is 6.01. The Morgan fingerprint density at radius 3 is 2.54 bits per heavy atom. The van der Waals surface area contributed by atoms with Gasteiger partial charge in [0.1, 0.15) is 11.6 Å². The molecule has 3 aromatic rings. The van der Waals surface area contributed by atoms with E-state index in [9.17, 15) is 22.4 Å². The quantitative estimate of drug-likeness (QED) is 0.506. The predicted octanol–water partition coefficient (Wildman–Crippen LogP) is 4.74. The van der Waals surface area contributed by atoms with E-state index in [-0.39, 0.29) is 6.54 Å². The summed E-state index contributed by atoms with van der Waals surface area (Å²) in [6, 6.07) is 12.1. The Bertz CT molecular complexity index is 991. The molecule has 144 valence electrons. The van der Waals surface area contributed by atoms with Crippen molar-refractivity contribution >= 4 is 17.8 Å². The number of hydrogen-bond acceptors (Lipinski definition) is 2. The van der Waals surface area contributed by atoms with Gasteiger partial charge in [0.2, 0.25) is 5.91 Å². The number of amides is 1. The number of halogens is 4. The molecule has 0 aliphatic carbocycles. The smallest absolute Gasteiger partial charge is 0.307 e. The van der Waals surface area contributed by atoms with Gasteiger partial charge in [0.25, 0.3) is 0 Å². The van der Waals surface area contributed by atoms with E-state index in [1.54, 1.807) is 12.1 Å². The van der Waals surface area contributed by atoms with Gasteiger partial charge in [-0.25, -0.2) is 9.07 Å². The lowest BCUT2D eigenvalue weighted by Gasteiger charge is -2.10. The number of carbonyl (C=O) groups excluding carboxylic acids is 1. The van der Waals surface area contributed by atoms with Crippen molar-refractivity contribution < 1.29 is 22.4 Å². The number of hydrogen-bond donors (Lipinski definition) is 1. The van der Waals surface area contributed by atoms with Crippen LogP contribution in [-0.2, 0) is 17.5 Å². The minimum absolute atomic E-state index is 0.189. The maximum absolute atomic E-state index is 13.1. The van der Waals surface area contributed by atoms with Gasteiger partial charge < -0.3 is 5.32 Å². The van der Waals surface area contributed by atoms with Crippen LogP contribution in [0.1, 0.15) is 16.7 Å².